The maximum absolute atomic E-state index is 4.83. The van der Waals surface area contributed by atoms with E-state index in [2.05, 4.69) is 6.08 Å². The standard InChI is InChI=1S/C6H7O.3CH3.Pt/c1-7-6-4-2-3-5-6;;;;/h2,4H,3H2,1H3;3*1H3;/q4*-1;+4. The van der Waals surface area contributed by atoms with Crippen LogP contribution in [-0.2, 0) is 25.8 Å². The van der Waals surface area contributed by atoms with Crippen LogP contribution in [0.1, 0.15) is 6.42 Å². The summed E-state index contributed by atoms with van der Waals surface area (Å²) in [6, 6.07) is 0. The van der Waals surface area contributed by atoms with E-state index in [1.165, 1.54) is 0 Å². The van der Waals surface area contributed by atoms with E-state index in [9.17, 15) is 0 Å². The zero-order chi connectivity index (χ0) is 5.11. The number of hydrogen-bond acceptors (Lipinski definition) is 1. The van der Waals surface area contributed by atoms with Crippen LogP contribution in [0.4, 0.5) is 0 Å². The molecule has 0 aromatic carbocycles. The summed E-state index contributed by atoms with van der Waals surface area (Å²) in [7, 11) is 1.65. The van der Waals surface area contributed by atoms with Crippen molar-refractivity contribution in [3.63, 3.8) is 0 Å². The van der Waals surface area contributed by atoms with Gasteiger partial charge >= 0.3 is 21.1 Å². The Kier molecular flexibility index (Phi) is 25.8. The molecule has 1 aliphatic carbocycles. The zero-order valence-corrected chi connectivity index (χ0v) is 9.86. The molecule has 0 atom stereocenters. The van der Waals surface area contributed by atoms with Gasteiger partial charge in [0, 0.05) is 0 Å². The van der Waals surface area contributed by atoms with Gasteiger partial charge in [0.15, 0.2) is 0 Å². The topological polar surface area (TPSA) is 9.23 Å². The molecule has 0 heterocycles. The second-order valence-electron chi connectivity index (χ2n) is 1.35. The summed E-state index contributed by atoms with van der Waals surface area (Å²) >= 11 is 0. The van der Waals surface area contributed by atoms with Crippen molar-refractivity contribution in [1.82, 2.24) is 0 Å². The van der Waals surface area contributed by atoms with Crippen molar-refractivity contribution >= 4 is 0 Å². The molecular weight excluding hydrogens is 319 g/mol. The van der Waals surface area contributed by atoms with E-state index in [0.29, 0.717) is 0 Å². The molecule has 1 nitrogen and oxygen atoms in total. The van der Waals surface area contributed by atoms with Crippen LogP contribution in [0.5, 0.6) is 0 Å². The average molecular weight is 335 g/mol. The Morgan fingerprint density at radius 3 is 2.09 bits per heavy atom. The van der Waals surface area contributed by atoms with E-state index in [0.717, 1.165) is 12.2 Å². The van der Waals surface area contributed by atoms with E-state index < -0.39 is 0 Å². The van der Waals surface area contributed by atoms with E-state index in [-0.39, 0.29) is 43.3 Å². The SMILES string of the molecule is COC1=[C-]CC=C1.[CH3-].[CH3-].[CH3-].[Pt+4]. The van der Waals surface area contributed by atoms with Gasteiger partial charge in [0.05, 0.1) is 7.11 Å². The van der Waals surface area contributed by atoms with Gasteiger partial charge in [0.2, 0.25) is 0 Å². The molecule has 0 aliphatic heterocycles. The van der Waals surface area contributed by atoms with Gasteiger partial charge in [0.25, 0.3) is 0 Å². The summed E-state index contributed by atoms with van der Waals surface area (Å²) < 4.78 is 4.83. The first-order valence-electron chi connectivity index (χ1n) is 2.25. The third-order valence-corrected chi connectivity index (χ3v) is 0.883. The smallest absolute Gasteiger partial charge is 0.535 e. The second-order valence-corrected chi connectivity index (χ2v) is 1.35. The van der Waals surface area contributed by atoms with Gasteiger partial charge in [-0.1, -0.05) is 5.76 Å². The number of rotatable bonds is 1. The summed E-state index contributed by atoms with van der Waals surface area (Å²) in [5, 5.41) is 0. The molecule has 68 valence electrons. The van der Waals surface area contributed by atoms with Crippen molar-refractivity contribution in [3.8, 4) is 0 Å². The van der Waals surface area contributed by atoms with Crippen LogP contribution in [-0.4, -0.2) is 7.11 Å². The molecule has 0 bridgehead atoms. The predicted molar refractivity (Wildman–Crippen MR) is 46.8 cm³/mol. The van der Waals surface area contributed by atoms with Crippen molar-refractivity contribution in [2.24, 2.45) is 0 Å². The third-order valence-electron chi connectivity index (χ3n) is 0.883. The first-order valence-corrected chi connectivity index (χ1v) is 2.25. The zero-order valence-electron chi connectivity index (χ0n) is 7.59. The van der Waals surface area contributed by atoms with Gasteiger partial charge in [-0.25, -0.2) is 6.08 Å². The van der Waals surface area contributed by atoms with Gasteiger partial charge in [-0.3, -0.25) is 0 Å². The summed E-state index contributed by atoms with van der Waals surface area (Å²) in [5.74, 6) is 0.861. The number of ether oxygens (including phenoxy) is 1. The number of hydrogen-bond donors (Lipinski definition) is 0. The molecule has 0 radical (unpaired) electrons. The molecule has 1 aliphatic rings. The molecule has 0 saturated carbocycles. The number of allylic oxidation sites excluding steroid dienone is 3. The third kappa shape index (κ3) is 7.87. The second kappa shape index (κ2) is 12.6. The summed E-state index contributed by atoms with van der Waals surface area (Å²) in [4.78, 5) is 0. The average Bonchev–Trinajstić information content (AvgIpc) is 2.14. The minimum Gasteiger partial charge on any atom is -0.535 e. The van der Waals surface area contributed by atoms with E-state index >= 15 is 0 Å². The first kappa shape index (κ1) is 22.4. The van der Waals surface area contributed by atoms with Crippen LogP contribution in [0.3, 0.4) is 0 Å². The van der Waals surface area contributed by atoms with Crippen LogP contribution in [0.2, 0.25) is 0 Å². The molecule has 0 amide bonds. The molecule has 0 aromatic rings. The van der Waals surface area contributed by atoms with Crippen molar-refractivity contribution in [1.29, 1.82) is 0 Å². The molecule has 0 spiro atoms. The Bertz CT molecular complexity index is 117. The van der Waals surface area contributed by atoms with Crippen LogP contribution in [0, 0.1) is 28.4 Å². The minimum atomic E-state index is 0. The Balaban J connectivity index is -0.0000000612. The Morgan fingerprint density at radius 1 is 1.36 bits per heavy atom. The maximum Gasteiger partial charge on any atom is 4.00 e. The normalized spacial score (nSPS) is 10.8. The van der Waals surface area contributed by atoms with Gasteiger partial charge in [-0.05, 0) is 0 Å². The summed E-state index contributed by atoms with van der Waals surface area (Å²) in [6.07, 6.45) is 7.82. The van der Waals surface area contributed by atoms with Gasteiger partial charge < -0.3 is 27.0 Å². The molecule has 11 heavy (non-hydrogen) atoms. The number of methoxy groups -OCH3 is 1. The Labute approximate surface area is 85.8 Å². The molecule has 0 N–H and O–H groups in total. The van der Waals surface area contributed by atoms with Gasteiger partial charge in [-0.15, -0.1) is 6.42 Å². The quantitative estimate of drug-likeness (QED) is 0.670. The predicted octanol–water partition coefficient (Wildman–Crippen LogP) is 2.63. The molecular formula is C9H16OPt. The Hall–Kier alpha value is -0.0317. The van der Waals surface area contributed by atoms with E-state index in [1.807, 2.05) is 12.2 Å². The van der Waals surface area contributed by atoms with E-state index in [1.54, 1.807) is 7.11 Å². The molecule has 0 aromatic heterocycles. The summed E-state index contributed by atoms with van der Waals surface area (Å²) in [5.41, 5.74) is 0. The summed E-state index contributed by atoms with van der Waals surface area (Å²) in [6.45, 7) is 0. The van der Waals surface area contributed by atoms with Crippen molar-refractivity contribution < 1.29 is 25.8 Å². The minimum absolute atomic E-state index is 0. The van der Waals surface area contributed by atoms with Gasteiger partial charge in [-0.2, -0.15) is 12.2 Å². The van der Waals surface area contributed by atoms with Crippen LogP contribution >= 0.6 is 0 Å². The molecule has 2 heteroatoms. The van der Waals surface area contributed by atoms with Crippen LogP contribution in [0.25, 0.3) is 0 Å². The fourth-order valence-corrected chi connectivity index (χ4v) is 0.525. The largest absolute Gasteiger partial charge is 4.00 e. The van der Waals surface area contributed by atoms with Gasteiger partial charge in [0.1, 0.15) is 0 Å². The van der Waals surface area contributed by atoms with Crippen molar-refractivity contribution in [2.75, 3.05) is 7.11 Å². The Morgan fingerprint density at radius 2 is 1.91 bits per heavy atom. The van der Waals surface area contributed by atoms with Crippen molar-refractivity contribution in [2.45, 2.75) is 6.42 Å². The fourth-order valence-electron chi connectivity index (χ4n) is 0.525. The van der Waals surface area contributed by atoms with Crippen molar-refractivity contribution in [3.05, 3.63) is 46.3 Å². The molecule has 0 fully saturated rings. The molecule has 1 rings (SSSR count). The fraction of sp³-hybridized carbons (Fsp3) is 0.222. The molecule has 0 unspecified atom stereocenters. The van der Waals surface area contributed by atoms with E-state index in [4.69, 9.17) is 4.74 Å². The first-order chi connectivity index (χ1) is 3.43. The van der Waals surface area contributed by atoms with Crippen LogP contribution in [0.15, 0.2) is 17.9 Å². The molecule has 0 saturated heterocycles. The maximum atomic E-state index is 4.83. The van der Waals surface area contributed by atoms with Crippen LogP contribution < -0.4 is 0 Å². The monoisotopic (exact) mass is 335 g/mol.